The highest BCUT2D eigenvalue weighted by Crippen LogP contribution is 2.22. The molecular weight excluding hydrogens is 414 g/mol. The van der Waals surface area contributed by atoms with Gasteiger partial charge in [-0.25, -0.2) is 0 Å². The number of aromatic nitrogens is 2. The molecule has 2 aromatic carbocycles. The summed E-state index contributed by atoms with van der Waals surface area (Å²) in [6, 6.07) is 18.2. The summed E-state index contributed by atoms with van der Waals surface area (Å²) in [6.07, 6.45) is 3.98. The minimum absolute atomic E-state index is 0.148. The monoisotopic (exact) mass is 437 g/mol. The van der Waals surface area contributed by atoms with Crippen molar-refractivity contribution in [1.29, 1.82) is 5.26 Å². The summed E-state index contributed by atoms with van der Waals surface area (Å²) in [6.45, 7) is 1.92. The number of hydrogen-bond acceptors (Lipinski definition) is 5. The Morgan fingerprint density at radius 1 is 1.12 bits per heavy atom. The van der Waals surface area contributed by atoms with Crippen molar-refractivity contribution < 1.29 is 9.59 Å². The number of Topliss-reactive ketones (excluding diaryl/α,β-unsaturated/α-hetero) is 1. The molecule has 0 fully saturated rings. The highest BCUT2D eigenvalue weighted by atomic mass is 16.1. The molecule has 1 atom stereocenters. The molecule has 7 heteroatoms. The predicted octanol–water partition coefficient (Wildman–Crippen LogP) is 3.66. The lowest BCUT2D eigenvalue weighted by atomic mass is 10.0. The predicted molar refractivity (Wildman–Crippen MR) is 126 cm³/mol. The Hall–Kier alpha value is -4.28. The molecule has 0 aliphatic carbocycles. The van der Waals surface area contributed by atoms with E-state index in [9.17, 15) is 14.9 Å². The van der Waals surface area contributed by atoms with Crippen LogP contribution in [0.5, 0.6) is 0 Å². The van der Waals surface area contributed by atoms with Gasteiger partial charge >= 0.3 is 0 Å². The van der Waals surface area contributed by atoms with Gasteiger partial charge < -0.3 is 16.0 Å². The van der Waals surface area contributed by atoms with E-state index in [1.54, 1.807) is 30.6 Å². The van der Waals surface area contributed by atoms with E-state index in [1.165, 1.54) is 6.92 Å². The van der Waals surface area contributed by atoms with Gasteiger partial charge in [-0.1, -0.05) is 18.2 Å². The highest BCUT2D eigenvalue weighted by Gasteiger charge is 2.13. The van der Waals surface area contributed by atoms with Crippen molar-refractivity contribution in [3.8, 4) is 17.2 Å². The number of aromatic amines is 1. The minimum Gasteiger partial charge on any atom is -0.360 e. The summed E-state index contributed by atoms with van der Waals surface area (Å²) in [5, 5.41) is 13.0. The highest BCUT2D eigenvalue weighted by molar-refractivity contribution is 5.94. The summed E-state index contributed by atoms with van der Waals surface area (Å²) in [7, 11) is 0. The molecule has 1 unspecified atom stereocenters. The number of ketones is 1. The third-order valence-electron chi connectivity index (χ3n) is 5.58. The maximum Gasteiger partial charge on any atom is 0.251 e. The third kappa shape index (κ3) is 4.81. The number of carbonyl (C=O) groups excluding carboxylic acids is 2. The number of hydrogen-bond donors (Lipinski definition) is 3. The maximum absolute atomic E-state index is 12.5. The number of nitriles is 1. The van der Waals surface area contributed by atoms with Crippen molar-refractivity contribution in [1.82, 2.24) is 15.3 Å². The first kappa shape index (κ1) is 21.9. The average molecular weight is 438 g/mol. The van der Waals surface area contributed by atoms with Crippen LogP contribution in [0.15, 0.2) is 67.0 Å². The molecule has 0 radical (unpaired) electrons. The first-order valence-electron chi connectivity index (χ1n) is 10.6. The molecule has 0 saturated heterocycles. The number of H-pyrrole nitrogens is 1. The summed E-state index contributed by atoms with van der Waals surface area (Å²) in [5.74, 6) is -0.304. The molecule has 0 aliphatic heterocycles. The average Bonchev–Trinajstić information content (AvgIpc) is 3.26. The number of carbonyl (C=O) groups is 2. The lowest BCUT2D eigenvalue weighted by Gasteiger charge is -2.10. The molecule has 1 amide bonds. The van der Waals surface area contributed by atoms with Gasteiger partial charge in [0.05, 0.1) is 11.3 Å². The van der Waals surface area contributed by atoms with Gasteiger partial charge in [-0.05, 0) is 66.4 Å². The van der Waals surface area contributed by atoms with Crippen LogP contribution in [0.4, 0.5) is 0 Å². The molecule has 4 aromatic rings. The van der Waals surface area contributed by atoms with Crippen LogP contribution < -0.4 is 11.1 Å². The number of nitrogens with one attached hydrogen (secondary N) is 2. The van der Waals surface area contributed by atoms with Gasteiger partial charge in [-0.2, -0.15) is 5.26 Å². The van der Waals surface area contributed by atoms with E-state index < -0.39 is 6.04 Å². The summed E-state index contributed by atoms with van der Waals surface area (Å²) < 4.78 is 0. The zero-order valence-corrected chi connectivity index (χ0v) is 18.1. The van der Waals surface area contributed by atoms with Gasteiger partial charge in [0.2, 0.25) is 0 Å². The molecule has 2 aromatic heterocycles. The molecule has 33 heavy (non-hydrogen) atoms. The first-order chi connectivity index (χ1) is 16.0. The molecule has 4 rings (SSSR count). The SMILES string of the molecule is CC(=O)C(N)c1cc(-c2ccc(C(=O)NCCc3ccc4[nH]cc(C#N)c4c3)cc2)ccn1. The molecule has 7 nitrogen and oxygen atoms in total. The van der Waals surface area contributed by atoms with Crippen molar-refractivity contribution >= 4 is 22.6 Å². The Kier molecular flexibility index (Phi) is 6.29. The second kappa shape index (κ2) is 9.47. The number of nitrogens with two attached hydrogens (primary N) is 1. The quantitative estimate of drug-likeness (QED) is 0.407. The second-order valence-electron chi connectivity index (χ2n) is 7.84. The molecule has 2 heterocycles. The van der Waals surface area contributed by atoms with Gasteiger partial charge in [0.25, 0.3) is 5.91 Å². The molecule has 4 N–H and O–H groups in total. The number of amides is 1. The fourth-order valence-corrected chi connectivity index (χ4v) is 3.66. The largest absolute Gasteiger partial charge is 0.360 e. The third-order valence-corrected chi connectivity index (χ3v) is 5.58. The number of rotatable bonds is 7. The summed E-state index contributed by atoms with van der Waals surface area (Å²) >= 11 is 0. The second-order valence-corrected chi connectivity index (χ2v) is 7.84. The standard InChI is InChI=1S/C26H23N5O2/c1-16(32)25(28)24-13-20(9-11-29-24)18-3-5-19(6-4-18)26(33)30-10-8-17-2-7-23-22(12-17)21(14-27)15-31-23/h2-7,9,11-13,15,25,31H,8,10,28H2,1H3,(H,30,33). The number of benzene rings is 2. The van der Waals surface area contributed by atoms with Crippen LogP contribution in [-0.2, 0) is 11.2 Å². The van der Waals surface area contributed by atoms with Crippen LogP contribution in [0.25, 0.3) is 22.0 Å². The molecule has 164 valence electrons. The zero-order valence-electron chi connectivity index (χ0n) is 18.1. The van der Waals surface area contributed by atoms with E-state index >= 15 is 0 Å². The first-order valence-corrected chi connectivity index (χ1v) is 10.6. The molecule has 0 bridgehead atoms. The number of nitrogens with zero attached hydrogens (tertiary/aromatic N) is 2. The van der Waals surface area contributed by atoms with Gasteiger partial charge in [-0.15, -0.1) is 0 Å². The van der Waals surface area contributed by atoms with Gasteiger partial charge in [-0.3, -0.25) is 14.6 Å². The van der Waals surface area contributed by atoms with E-state index in [0.29, 0.717) is 29.8 Å². The minimum atomic E-state index is -0.751. The Morgan fingerprint density at radius 3 is 2.64 bits per heavy atom. The summed E-state index contributed by atoms with van der Waals surface area (Å²) in [4.78, 5) is 31.3. The molecule has 0 aliphatic rings. The fourth-order valence-electron chi connectivity index (χ4n) is 3.66. The van der Waals surface area contributed by atoms with Crippen molar-refractivity contribution in [3.05, 3.63) is 89.4 Å². The van der Waals surface area contributed by atoms with Crippen LogP contribution in [0.1, 0.15) is 40.1 Å². The van der Waals surface area contributed by atoms with E-state index in [4.69, 9.17) is 5.73 Å². The lowest BCUT2D eigenvalue weighted by Crippen LogP contribution is -2.25. The van der Waals surface area contributed by atoms with Crippen molar-refractivity contribution in [3.63, 3.8) is 0 Å². The van der Waals surface area contributed by atoms with Crippen LogP contribution >= 0.6 is 0 Å². The smallest absolute Gasteiger partial charge is 0.251 e. The van der Waals surface area contributed by atoms with Crippen molar-refractivity contribution in [2.75, 3.05) is 6.54 Å². The van der Waals surface area contributed by atoms with E-state index in [1.807, 2.05) is 36.4 Å². The Balaban J connectivity index is 1.38. The fraction of sp³-hybridized carbons (Fsp3) is 0.154. The number of pyridine rings is 1. The molecule has 0 saturated carbocycles. The van der Waals surface area contributed by atoms with Gasteiger partial charge in [0, 0.05) is 35.4 Å². The maximum atomic E-state index is 12.5. The van der Waals surface area contributed by atoms with Crippen LogP contribution in [0.3, 0.4) is 0 Å². The van der Waals surface area contributed by atoms with Crippen molar-refractivity contribution in [2.24, 2.45) is 5.73 Å². The Bertz CT molecular complexity index is 1370. The van der Waals surface area contributed by atoms with E-state index in [0.717, 1.165) is 27.6 Å². The summed E-state index contributed by atoms with van der Waals surface area (Å²) in [5.41, 5.74) is 11.3. The van der Waals surface area contributed by atoms with E-state index in [-0.39, 0.29) is 11.7 Å². The molecule has 0 spiro atoms. The van der Waals surface area contributed by atoms with E-state index in [2.05, 4.69) is 21.4 Å². The van der Waals surface area contributed by atoms with Crippen LogP contribution in [0.2, 0.25) is 0 Å². The Morgan fingerprint density at radius 2 is 1.91 bits per heavy atom. The lowest BCUT2D eigenvalue weighted by molar-refractivity contribution is -0.118. The normalized spacial score (nSPS) is 11.7. The van der Waals surface area contributed by atoms with Gasteiger partial charge in [0.15, 0.2) is 5.78 Å². The van der Waals surface area contributed by atoms with Gasteiger partial charge in [0.1, 0.15) is 12.1 Å². The zero-order chi connectivity index (χ0) is 23.4. The van der Waals surface area contributed by atoms with Crippen LogP contribution in [0, 0.1) is 11.3 Å². The Labute approximate surface area is 191 Å². The molecular formula is C26H23N5O2. The van der Waals surface area contributed by atoms with Crippen molar-refractivity contribution in [2.45, 2.75) is 19.4 Å². The number of fused-ring (bicyclic) bond motifs is 1. The topological polar surface area (TPSA) is 125 Å². The van der Waals surface area contributed by atoms with Crippen LogP contribution in [-0.4, -0.2) is 28.2 Å².